The van der Waals surface area contributed by atoms with Crippen LogP contribution in [-0.4, -0.2) is 38.7 Å². The highest BCUT2D eigenvalue weighted by Crippen LogP contribution is 2.15. The summed E-state index contributed by atoms with van der Waals surface area (Å²) in [5, 5.41) is 11.9. The molecule has 0 aliphatic carbocycles. The number of rotatable bonds is 8. The molecular formula is C19H19N3O3S. The van der Waals surface area contributed by atoms with Crippen LogP contribution in [0.15, 0.2) is 54.6 Å². The lowest BCUT2D eigenvalue weighted by Crippen LogP contribution is -2.43. The van der Waals surface area contributed by atoms with Crippen LogP contribution in [0.3, 0.4) is 0 Å². The molecule has 0 spiro atoms. The third kappa shape index (κ3) is 4.86. The molecule has 3 rings (SSSR count). The predicted molar refractivity (Wildman–Crippen MR) is 102 cm³/mol. The van der Waals surface area contributed by atoms with E-state index in [1.807, 2.05) is 54.6 Å². The van der Waals surface area contributed by atoms with Crippen molar-refractivity contribution in [2.24, 2.45) is 0 Å². The fourth-order valence-electron chi connectivity index (χ4n) is 2.60. The van der Waals surface area contributed by atoms with Gasteiger partial charge in [0.05, 0.1) is 22.5 Å². The van der Waals surface area contributed by atoms with E-state index in [4.69, 9.17) is 0 Å². The van der Waals surface area contributed by atoms with Crippen LogP contribution in [0, 0.1) is 0 Å². The number of carboxylic acids is 1. The second-order valence-corrected chi connectivity index (χ2v) is 6.83. The number of fused-ring (bicyclic) bond motifs is 1. The van der Waals surface area contributed by atoms with Crippen molar-refractivity contribution in [3.8, 4) is 0 Å². The van der Waals surface area contributed by atoms with E-state index in [1.165, 1.54) is 11.8 Å². The molecule has 0 aliphatic heterocycles. The molecule has 1 amide bonds. The number of imidazole rings is 1. The number of aromatic nitrogens is 2. The lowest BCUT2D eigenvalue weighted by atomic mass is 10.1. The molecule has 0 aliphatic rings. The van der Waals surface area contributed by atoms with Crippen molar-refractivity contribution in [3.63, 3.8) is 0 Å². The number of thioether (sulfide) groups is 1. The first-order valence-corrected chi connectivity index (χ1v) is 9.35. The van der Waals surface area contributed by atoms with Gasteiger partial charge in [-0.2, -0.15) is 0 Å². The molecule has 1 heterocycles. The number of carbonyl (C=O) groups excluding carboxylic acids is 1. The number of carbonyl (C=O) groups is 2. The average Bonchev–Trinajstić information content (AvgIpc) is 3.04. The van der Waals surface area contributed by atoms with E-state index in [9.17, 15) is 14.7 Å². The normalized spacial score (nSPS) is 12.0. The van der Waals surface area contributed by atoms with Crippen LogP contribution in [0.4, 0.5) is 0 Å². The molecule has 7 heteroatoms. The third-order valence-electron chi connectivity index (χ3n) is 3.83. The first kappa shape index (κ1) is 18.0. The van der Waals surface area contributed by atoms with Gasteiger partial charge in [-0.1, -0.05) is 42.5 Å². The minimum atomic E-state index is -1.04. The van der Waals surface area contributed by atoms with Gasteiger partial charge in [0.1, 0.15) is 11.9 Å². The number of nitrogens with one attached hydrogen (secondary N) is 2. The van der Waals surface area contributed by atoms with Crippen molar-refractivity contribution in [2.45, 2.75) is 18.2 Å². The summed E-state index contributed by atoms with van der Waals surface area (Å²) in [5.41, 5.74) is 2.72. The smallest absolute Gasteiger partial charge is 0.326 e. The van der Waals surface area contributed by atoms with Crippen molar-refractivity contribution in [3.05, 3.63) is 66.0 Å². The molecule has 0 unspecified atom stereocenters. The Bertz CT molecular complexity index is 862. The van der Waals surface area contributed by atoms with E-state index in [-0.39, 0.29) is 18.1 Å². The molecule has 1 atom stereocenters. The van der Waals surface area contributed by atoms with E-state index >= 15 is 0 Å². The van der Waals surface area contributed by atoms with Crippen LogP contribution in [0.1, 0.15) is 11.4 Å². The average molecular weight is 369 g/mol. The summed E-state index contributed by atoms with van der Waals surface area (Å²) in [6, 6.07) is 16.0. The monoisotopic (exact) mass is 369 g/mol. The topological polar surface area (TPSA) is 95.1 Å². The highest BCUT2D eigenvalue weighted by atomic mass is 32.2. The van der Waals surface area contributed by atoms with Crippen LogP contribution in [-0.2, 0) is 21.8 Å². The Hall–Kier alpha value is -2.80. The number of nitrogens with zero attached hydrogens (tertiary/aromatic N) is 1. The Kier molecular flexibility index (Phi) is 5.91. The quantitative estimate of drug-likeness (QED) is 0.567. The number of amides is 1. The van der Waals surface area contributed by atoms with Crippen molar-refractivity contribution in [1.29, 1.82) is 0 Å². The summed E-state index contributed by atoms with van der Waals surface area (Å²) in [5.74, 6) is 0.190. The number of hydrogen-bond acceptors (Lipinski definition) is 4. The van der Waals surface area contributed by atoms with E-state index in [0.29, 0.717) is 5.75 Å². The minimum absolute atomic E-state index is 0.176. The summed E-state index contributed by atoms with van der Waals surface area (Å²) in [4.78, 5) is 31.1. The summed E-state index contributed by atoms with van der Waals surface area (Å²) in [6.45, 7) is 0. The molecule has 0 fully saturated rings. The van der Waals surface area contributed by atoms with Gasteiger partial charge >= 0.3 is 5.97 Å². The zero-order chi connectivity index (χ0) is 18.4. The van der Waals surface area contributed by atoms with Gasteiger partial charge < -0.3 is 15.4 Å². The predicted octanol–water partition coefficient (Wildman–Crippen LogP) is 2.61. The zero-order valence-electron chi connectivity index (χ0n) is 14.0. The second kappa shape index (κ2) is 8.53. The SMILES string of the molecule is O=C(CSCc1nc2ccccc2[nH]1)N[C@@H](Cc1ccccc1)C(=O)O. The van der Waals surface area contributed by atoms with Crippen LogP contribution < -0.4 is 5.32 Å². The Balaban J connectivity index is 1.49. The molecule has 3 aromatic rings. The maximum Gasteiger partial charge on any atom is 0.326 e. The zero-order valence-corrected chi connectivity index (χ0v) is 14.8. The molecular weight excluding hydrogens is 350 g/mol. The van der Waals surface area contributed by atoms with E-state index in [1.54, 1.807) is 0 Å². The Labute approximate surface area is 155 Å². The molecule has 2 aromatic carbocycles. The third-order valence-corrected chi connectivity index (χ3v) is 4.77. The lowest BCUT2D eigenvalue weighted by Gasteiger charge is -2.14. The molecule has 0 bridgehead atoms. The fraction of sp³-hybridized carbons (Fsp3) is 0.211. The number of aromatic amines is 1. The highest BCUT2D eigenvalue weighted by molar-refractivity contribution is 7.99. The number of para-hydroxylation sites is 2. The van der Waals surface area contributed by atoms with Crippen molar-refractivity contribution >= 4 is 34.7 Å². The Morgan fingerprint density at radius 1 is 1.12 bits per heavy atom. The summed E-state index contributed by atoms with van der Waals surface area (Å²) < 4.78 is 0. The van der Waals surface area contributed by atoms with Crippen molar-refractivity contribution in [1.82, 2.24) is 15.3 Å². The van der Waals surface area contributed by atoms with Gasteiger partial charge in [-0.15, -0.1) is 11.8 Å². The molecule has 0 saturated heterocycles. The Morgan fingerprint density at radius 3 is 2.58 bits per heavy atom. The fourth-order valence-corrected chi connectivity index (χ4v) is 3.30. The van der Waals surface area contributed by atoms with Crippen molar-refractivity contribution < 1.29 is 14.7 Å². The number of benzene rings is 2. The molecule has 26 heavy (non-hydrogen) atoms. The summed E-state index contributed by atoms with van der Waals surface area (Å²) >= 11 is 1.39. The number of hydrogen-bond donors (Lipinski definition) is 3. The first-order chi connectivity index (χ1) is 12.6. The maximum atomic E-state index is 12.1. The number of H-pyrrole nitrogens is 1. The van der Waals surface area contributed by atoms with Gasteiger partial charge in [0, 0.05) is 6.42 Å². The molecule has 6 nitrogen and oxygen atoms in total. The van der Waals surface area contributed by atoms with Gasteiger partial charge in [-0.25, -0.2) is 9.78 Å². The standard InChI is InChI=1S/C19H19N3O3S/c23-18(22-16(19(24)25)10-13-6-2-1-3-7-13)12-26-11-17-20-14-8-4-5-9-15(14)21-17/h1-9,16H,10-12H2,(H,20,21)(H,22,23)(H,24,25)/t16-/m0/s1. The molecule has 0 radical (unpaired) electrons. The van der Waals surface area contributed by atoms with Gasteiger partial charge in [0.15, 0.2) is 0 Å². The molecule has 134 valence electrons. The van der Waals surface area contributed by atoms with Gasteiger partial charge in [-0.3, -0.25) is 4.79 Å². The number of aliphatic carboxylic acids is 1. The van der Waals surface area contributed by atoms with E-state index in [2.05, 4.69) is 15.3 Å². The molecule has 3 N–H and O–H groups in total. The molecule has 1 aromatic heterocycles. The van der Waals surface area contributed by atoms with Crippen molar-refractivity contribution in [2.75, 3.05) is 5.75 Å². The lowest BCUT2D eigenvalue weighted by molar-refractivity contribution is -0.141. The van der Waals surface area contributed by atoms with E-state index in [0.717, 1.165) is 22.4 Å². The van der Waals surface area contributed by atoms with Crippen LogP contribution in [0.5, 0.6) is 0 Å². The number of carboxylic acid groups (broad SMARTS) is 1. The summed E-state index contributed by atoms with van der Waals surface area (Å²) in [7, 11) is 0. The molecule has 0 saturated carbocycles. The minimum Gasteiger partial charge on any atom is -0.480 e. The van der Waals surface area contributed by atoms with Crippen LogP contribution in [0.25, 0.3) is 11.0 Å². The summed E-state index contributed by atoms with van der Waals surface area (Å²) in [6.07, 6.45) is 0.260. The first-order valence-electron chi connectivity index (χ1n) is 8.19. The maximum absolute atomic E-state index is 12.1. The van der Waals surface area contributed by atoms with Gasteiger partial charge in [0.25, 0.3) is 0 Å². The van der Waals surface area contributed by atoms with Crippen LogP contribution in [0.2, 0.25) is 0 Å². The van der Waals surface area contributed by atoms with E-state index < -0.39 is 12.0 Å². The highest BCUT2D eigenvalue weighted by Gasteiger charge is 2.20. The largest absolute Gasteiger partial charge is 0.480 e. The second-order valence-electron chi connectivity index (χ2n) is 5.84. The van der Waals surface area contributed by atoms with Crippen LogP contribution >= 0.6 is 11.8 Å². The Morgan fingerprint density at radius 2 is 1.85 bits per heavy atom. The van der Waals surface area contributed by atoms with Gasteiger partial charge in [-0.05, 0) is 17.7 Å². The van der Waals surface area contributed by atoms with Gasteiger partial charge in [0.2, 0.25) is 5.91 Å².